The Kier molecular flexibility index (Phi) is 8.01. The summed E-state index contributed by atoms with van der Waals surface area (Å²) >= 11 is 0. The van der Waals surface area contributed by atoms with Gasteiger partial charge in [0.25, 0.3) is 0 Å². The zero-order chi connectivity index (χ0) is 18.0. The average Bonchev–Trinajstić information content (AvgIpc) is 3.07. The SMILES string of the molecule is CCNC(=NCC1(CCO)CCOC1)NCCOc1ccc(C)cc1. The highest BCUT2D eigenvalue weighted by molar-refractivity contribution is 5.79. The fourth-order valence-corrected chi connectivity index (χ4v) is 2.85. The summed E-state index contributed by atoms with van der Waals surface area (Å²) in [7, 11) is 0. The van der Waals surface area contributed by atoms with Crippen molar-refractivity contribution in [2.75, 3.05) is 46.1 Å². The predicted molar refractivity (Wildman–Crippen MR) is 100 cm³/mol. The Balaban J connectivity index is 1.79. The zero-order valence-corrected chi connectivity index (χ0v) is 15.4. The van der Waals surface area contributed by atoms with Crippen LogP contribution < -0.4 is 15.4 Å². The molecule has 1 atom stereocenters. The van der Waals surface area contributed by atoms with Crippen LogP contribution in [0.4, 0.5) is 0 Å². The van der Waals surface area contributed by atoms with Gasteiger partial charge in [0.05, 0.1) is 19.7 Å². The molecule has 1 aliphatic heterocycles. The maximum Gasteiger partial charge on any atom is 0.191 e. The first-order valence-electron chi connectivity index (χ1n) is 9.08. The molecule has 1 fully saturated rings. The van der Waals surface area contributed by atoms with Crippen LogP contribution in [0.1, 0.15) is 25.3 Å². The van der Waals surface area contributed by atoms with Crippen molar-refractivity contribution in [1.29, 1.82) is 0 Å². The number of benzene rings is 1. The zero-order valence-electron chi connectivity index (χ0n) is 15.4. The highest BCUT2D eigenvalue weighted by Gasteiger charge is 2.34. The molecule has 1 aromatic rings. The monoisotopic (exact) mass is 349 g/mol. The topological polar surface area (TPSA) is 75.1 Å². The summed E-state index contributed by atoms with van der Waals surface area (Å²) in [5, 5.41) is 15.9. The number of rotatable bonds is 9. The van der Waals surface area contributed by atoms with Crippen molar-refractivity contribution in [3.05, 3.63) is 29.8 Å². The Hall–Kier alpha value is -1.79. The van der Waals surface area contributed by atoms with Crippen LogP contribution in [0.15, 0.2) is 29.3 Å². The van der Waals surface area contributed by atoms with Gasteiger partial charge in [0.2, 0.25) is 0 Å². The van der Waals surface area contributed by atoms with Crippen molar-refractivity contribution in [3.8, 4) is 5.75 Å². The van der Waals surface area contributed by atoms with Gasteiger partial charge in [-0.2, -0.15) is 0 Å². The molecule has 1 saturated heterocycles. The minimum absolute atomic E-state index is 0.0322. The number of hydrogen-bond acceptors (Lipinski definition) is 4. The van der Waals surface area contributed by atoms with Crippen molar-refractivity contribution >= 4 is 5.96 Å². The molecule has 1 aromatic carbocycles. The fraction of sp³-hybridized carbons (Fsp3) is 0.632. The molecule has 6 nitrogen and oxygen atoms in total. The van der Waals surface area contributed by atoms with Gasteiger partial charge < -0.3 is 25.2 Å². The molecule has 1 aliphatic rings. The van der Waals surface area contributed by atoms with Gasteiger partial charge in [0, 0.05) is 25.2 Å². The van der Waals surface area contributed by atoms with Crippen LogP contribution in [0.25, 0.3) is 0 Å². The van der Waals surface area contributed by atoms with Gasteiger partial charge in [-0.05, 0) is 38.8 Å². The van der Waals surface area contributed by atoms with Crippen molar-refractivity contribution in [2.24, 2.45) is 10.4 Å². The summed E-state index contributed by atoms with van der Waals surface area (Å²) in [4.78, 5) is 4.69. The molecule has 25 heavy (non-hydrogen) atoms. The number of nitrogens with zero attached hydrogens (tertiary/aromatic N) is 1. The number of aliphatic hydroxyl groups is 1. The number of aliphatic hydroxyl groups excluding tert-OH is 1. The molecular weight excluding hydrogens is 318 g/mol. The van der Waals surface area contributed by atoms with E-state index >= 15 is 0 Å². The van der Waals surface area contributed by atoms with Crippen LogP contribution >= 0.6 is 0 Å². The Labute approximate surface area is 150 Å². The average molecular weight is 349 g/mol. The predicted octanol–water partition coefficient (Wildman–Crippen LogP) is 1.72. The lowest BCUT2D eigenvalue weighted by molar-refractivity contribution is 0.131. The van der Waals surface area contributed by atoms with Gasteiger partial charge in [-0.25, -0.2) is 0 Å². The summed E-state index contributed by atoms with van der Waals surface area (Å²) < 4.78 is 11.2. The second kappa shape index (κ2) is 10.3. The largest absolute Gasteiger partial charge is 0.492 e. The second-order valence-electron chi connectivity index (χ2n) is 6.56. The molecule has 1 unspecified atom stereocenters. The molecule has 140 valence electrons. The summed E-state index contributed by atoms with van der Waals surface area (Å²) in [6, 6.07) is 8.04. The second-order valence-corrected chi connectivity index (χ2v) is 6.56. The third-order valence-electron chi connectivity index (χ3n) is 4.43. The van der Waals surface area contributed by atoms with Crippen molar-refractivity contribution < 1.29 is 14.6 Å². The van der Waals surface area contributed by atoms with Gasteiger partial charge >= 0.3 is 0 Å². The molecule has 0 aromatic heterocycles. The lowest BCUT2D eigenvalue weighted by Gasteiger charge is -2.24. The first-order chi connectivity index (χ1) is 12.2. The highest BCUT2D eigenvalue weighted by Crippen LogP contribution is 2.32. The Morgan fingerprint density at radius 3 is 2.76 bits per heavy atom. The van der Waals surface area contributed by atoms with E-state index in [0.717, 1.165) is 37.7 Å². The molecule has 2 rings (SSSR count). The smallest absolute Gasteiger partial charge is 0.191 e. The maximum absolute atomic E-state index is 9.31. The normalized spacial score (nSPS) is 20.5. The Morgan fingerprint density at radius 2 is 2.12 bits per heavy atom. The van der Waals surface area contributed by atoms with E-state index in [-0.39, 0.29) is 12.0 Å². The van der Waals surface area contributed by atoms with Gasteiger partial charge in [-0.3, -0.25) is 4.99 Å². The molecule has 0 aliphatic carbocycles. The van der Waals surface area contributed by atoms with Gasteiger partial charge in [-0.15, -0.1) is 0 Å². The van der Waals surface area contributed by atoms with Crippen LogP contribution in [-0.4, -0.2) is 57.1 Å². The molecule has 0 saturated carbocycles. The van der Waals surface area contributed by atoms with Crippen LogP contribution in [0, 0.1) is 12.3 Å². The van der Waals surface area contributed by atoms with E-state index in [2.05, 4.69) is 17.6 Å². The molecule has 3 N–H and O–H groups in total. The van der Waals surface area contributed by atoms with Crippen molar-refractivity contribution in [1.82, 2.24) is 10.6 Å². The minimum atomic E-state index is -0.0322. The molecule has 1 heterocycles. The van der Waals surface area contributed by atoms with E-state index in [9.17, 15) is 5.11 Å². The third-order valence-corrected chi connectivity index (χ3v) is 4.43. The summed E-state index contributed by atoms with van der Waals surface area (Å²) in [5.41, 5.74) is 1.19. The number of ether oxygens (including phenoxy) is 2. The van der Waals surface area contributed by atoms with Crippen LogP contribution in [-0.2, 0) is 4.74 Å². The summed E-state index contributed by atoms with van der Waals surface area (Å²) in [6.45, 7) is 8.40. The summed E-state index contributed by atoms with van der Waals surface area (Å²) in [6.07, 6.45) is 1.68. The fourth-order valence-electron chi connectivity index (χ4n) is 2.85. The van der Waals surface area contributed by atoms with Crippen molar-refractivity contribution in [2.45, 2.75) is 26.7 Å². The number of nitrogens with one attached hydrogen (secondary N) is 2. The minimum Gasteiger partial charge on any atom is -0.492 e. The van der Waals surface area contributed by atoms with Gasteiger partial charge in [0.1, 0.15) is 12.4 Å². The van der Waals surface area contributed by atoms with E-state index in [4.69, 9.17) is 14.5 Å². The number of aliphatic imine (C=N–C) groups is 1. The van der Waals surface area contributed by atoms with E-state index in [1.165, 1.54) is 5.56 Å². The van der Waals surface area contributed by atoms with Crippen molar-refractivity contribution in [3.63, 3.8) is 0 Å². The maximum atomic E-state index is 9.31. The lowest BCUT2D eigenvalue weighted by Crippen LogP contribution is -2.40. The van der Waals surface area contributed by atoms with Crippen LogP contribution in [0.2, 0.25) is 0 Å². The molecule has 6 heteroatoms. The third kappa shape index (κ3) is 6.55. The van der Waals surface area contributed by atoms with Gasteiger partial charge in [0.15, 0.2) is 5.96 Å². The van der Waals surface area contributed by atoms with E-state index in [0.29, 0.717) is 26.3 Å². The van der Waals surface area contributed by atoms with E-state index in [1.54, 1.807) is 0 Å². The first-order valence-corrected chi connectivity index (χ1v) is 9.08. The molecule has 0 bridgehead atoms. The summed E-state index contributed by atoms with van der Waals surface area (Å²) in [5.74, 6) is 1.65. The quantitative estimate of drug-likeness (QED) is 0.360. The van der Waals surface area contributed by atoms with Crippen LogP contribution in [0.3, 0.4) is 0 Å². The molecule has 0 radical (unpaired) electrons. The van der Waals surface area contributed by atoms with E-state index in [1.807, 2.05) is 31.2 Å². The Morgan fingerprint density at radius 1 is 1.32 bits per heavy atom. The molecule has 0 amide bonds. The number of guanidine groups is 1. The van der Waals surface area contributed by atoms with Gasteiger partial charge in [-0.1, -0.05) is 17.7 Å². The van der Waals surface area contributed by atoms with Crippen LogP contribution in [0.5, 0.6) is 5.75 Å². The molecular formula is C19H31N3O3. The first kappa shape index (κ1) is 19.5. The molecule has 0 spiro atoms. The Bertz CT molecular complexity index is 525. The lowest BCUT2D eigenvalue weighted by atomic mass is 9.84. The standard InChI is InChI=1S/C19H31N3O3/c1-3-20-18(22-14-19(8-11-23)9-12-24-15-19)21-10-13-25-17-6-4-16(2)5-7-17/h4-7,23H,3,8-15H2,1-2H3,(H2,20,21,22). The van der Waals surface area contributed by atoms with E-state index < -0.39 is 0 Å². The highest BCUT2D eigenvalue weighted by atomic mass is 16.5. The number of hydrogen-bond donors (Lipinski definition) is 3. The number of aryl methyl sites for hydroxylation is 1.